The predicted molar refractivity (Wildman–Crippen MR) is 73.4 cm³/mol. The summed E-state index contributed by atoms with van der Waals surface area (Å²) >= 11 is 0. The summed E-state index contributed by atoms with van der Waals surface area (Å²) in [5, 5.41) is 19.8. The molecule has 0 amide bonds. The van der Waals surface area contributed by atoms with Crippen molar-refractivity contribution >= 4 is 0 Å². The van der Waals surface area contributed by atoms with Crippen molar-refractivity contribution in [2.75, 3.05) is 13.2 Å². The Bertz CT molecular complexity index is 283. The summed E-state index contributed by atoms with van der Waals surface area (Å²) in [6.07, 6.45) is 8.40. The van der Waals surface area contributed by atoms with Gasteiger partial charge in [0.15, 0.2) is 0 Å². The van der Waals surface area contributed by atoms with Crippen LogP contribution in [0.15, 0.2) is 23.8 Å². The van der Waals surface area contributed by atoms with E-state index >= 15 is 0 Å². The molecule has 18 heavy (non-hydrogen) atoms. The van der Waals surface area contributed by atoms with Crippen LogP contribution in [0, 0.1) is 5.92 Å². The number of hydrogen-bond donors (Lipinski definition) is 2. The van der Waals surface area contributed by atoms with Gasteiger partial charge in [0.2, 0.25) is 0 Å². The summed E-state index contributed by atoms with van der Waals surface area (Å²) in [5.74, 6) is -0.0730. The molecule has 0 aromatic heterocycles. The lowest BCUT2D eigenvalue weighted by atomic mass is 9.97. The van der Waals surface area contributed by atoms with Crippen molar-refractivity contribution in [3.63, 3.8) is 0 Å². The second-order valence-corrected chi connectivity index (χ2v) is 5.18. The van der Waals surface area contributed by atoms with E-state index in [0.717, 1.165) is 37.9 Å². The van der Waals surface area contributed by atoms with Crippen LogP contribution in [0.1, 0.15) is 39.5 Å². The largest absolute Gasteiger partial charge is 0.389 e. The van der Waals surface area contributed by atoms with Crippen molar-refractivity contribution in [3.8, 4) is 0 Å². The summed E-state index contributed by atoms with van der Waals surface area (Å²) in [6.45, 7) is 5.33. The van der Waals surface area contributed by atoms with E-state index in [0.29, 0.717) is 6.61 Å². The molecule has 0 aromatic carbocycles. The third-order valence-electron chi connectivity index (χ3n) is 3.26. The Labute approximate surface area is 110 Å². The quantitative estimate of drug-likeness (QED) is 0.653. The van der Waals surface area contributed by atoms with Crippen LogP contribution in [0.4, 0.5) is 0 Å². The molecular weight excluding hydrogens is 228 g/mol. The number of aliphatic hydroxyl groups is 2. The van der Waals surface area contributed by atoms with Crippen LogP contribution in [0.5, 0.6) is 0 Å². The molecule has 2 N–H and O–H groups in total. The van der Waals surface area contributed by atoms with Gasteiger partial charge in [0, 0.05) is 12.5 Å². The molecule has 0 radical (unpaired) electrons. The second kappa shape index (κ2) is 8.46. The highest BCUT2D eigenvalue weighted by atomic mass is 16.5. The van der Waals surface area contributed by atoms with Gasteiger partial charge in [-0.05, 0) is 26.2 Å². The van der Waals surface area contributed by atoms with Crippen LogP contribution in [0.25, 0.3) is 0 Å². The highest BCUT2D eigenvalue weighted by molar-refractivity contribution is 5.05. The smallest absolute Gasteiger partial charge is 0.0985 e. The maximum absolute atomic E-state index is 9.99. The zero-order valence-corrected chi connectivity index (χ0v) is 11.5. The summed E-state index contributed by atoms with van der Waals surface area (Å²) < 4.78 is 5.57. The lowest BCUT2D eigenvalue weighted by Gasteiger charge is -2.20. The van der Waals surface area contributed by atoms with Gasteiger partial charge >= 0.3 is 0 Å². The van der Waals surface area contributed by atoms with Crippen LogP contribution in [0.2, 0.25) is 0 Å². The van der Waals surface area contributed by atoms with Crippen molar-refractivity contribution in [1.82, 2.24) is 0 Å². The molecule has 1 rings (SSSR count). The fourth-order valence-electron chi connectivity index (χ4n) is 2.13. The first kappa shape index (κ1) is 15.4. The Hall–Kier alpha value is -0.640. The van der Waals surface area contributed by atoms with Crippen molar-refractivity contribution in [2.45, 2.75) is 51.7 Å². The molecule has 0 bridgehead atoms. The lowest BCUT2D eigenvalue weighted by Crippen LogP contribution is -2.29. The summed E-state index contributed by atoms with van der Waals surface area (Å²) in [4.78, 5) is 0. The predicted octanol–water partition coefficient (Wildman–Crippen LogP) is 2.44. The highest BCUT2D eigenvalue weighted by Gasteiger charge is 2.19. The Morgan fingerprint density at radius 3 is 2.78 bits per heavy atom. The molecule has 3 unspecified atom stereocenters. The summed E-state index contributed by atoms with van der Waals surface area (Å²) in [6, 6.07) is 0. The van der Waals surface area contributed by atoms with Gasteiger partial charge < -0.3 is 14.9 Å². The topological polar surface area (TPSA) is 49.7 Å². The third kappa shape index (κ3) is 5.80. The standard InChI is InChI=1S/C15H26O3/c1-12-10-13(2)15(17)14(16)8-6-4-3-5-7-9-18-11-12/h6,8,10,13-17H,3-5,7,9,11H2,1-2H3. The SMILES string of the molecule is CC1=CC(C)C(O)C(O)C=CCCCCCOC1. The van der Waals surface area contributed by atoms with Crippen LogP contribution < -0.4 is 0 Å². The van der Waals surface area contributed by atoms with E-state index in [1.807, 2.05) is 26.0 Å². The van der Waals surface area contributed by atoms with Gasteiger partial charge in [-0.25, -0.2) is 0 Å². The molecule has 0 fully saturated rings. The molecule has 3 heteroatoms. The first-order valence-corrected chi connectivity index (χ1v) is 6.89. The van der Waals surface area contributed by atoms with Gasteiger partial charge in [0.25, 0.3) is 0 Å². The zero-order valence-electron chi connectivity index (χ0n) is 11.5. The van der Waals surface area contributed by atoms with E-state index in [-0.39, 0.29) is 5.92 Å². The monoisotopic (exact) mass is 254 g/mol. The van der Waals surface area contributed by atoms with Gasteiger partial charge in [0.05, 0.1) is 18.8 Å². The first-order valence-electron chi connectivity index (χ1n) is 6.89. The third-order valence-corrected chi connectivity index (χ3v) is 3.26. The van der Waals surface area contributed by atoms with Gasteiger partial charge in [-0.15, -0.1) is 0 Å². The molecule has 0 aromatic rings. The normalized spacial score (nSPS) is 32.7. The van der Waals surface area contributed by atoms with E-state index < -0.39 is 12.2 Å². The number of allylic oxidation sites excluding steroid dienone is 1. The van der Waals surface area contributed by atoms with Gasteiger partial charge in [-0.3, -0.25) is 0 Å². The number of ether oxygens (including phenoxy) is 1. The lowest BCUT2D eigenvalue weighted by molar-refractivity contribution is 0.0251. The van der Waals surface area contributed by atoms with Gasteiger partial charge in [-0.2, -0.15) is 0 Å². The van der Waals surface area contributed by atoms with E-state index in [4.69, 9.17) is 4.74 Å². The van der Waals surface area contributed by atoms with E-state index in [2.05, 4.69) is 0 Å². The molecule has 0 saturated carbocycles. The first-order chi connectivity index (χ1) is 8.61. The number of hydrogen-bond acceptors (Lipinski definition) is 3. The van der Waals surface area contributed by atoms with E-state index in [1.165, 1.54) is 0 Å². The van der Waals surface area contributed by atoms with Crippen LogP contribution >= 0.6 is 0 Å². The fourth-order valence-corrected chi connectivity index (χ4v) is 2.13. The molecule has 1 heterocycles. The van der Waals surface area contributed by atoms with Crippen molar-refractivity contribution in [1.29, 1.82) is 0 Å². The zero-order chi connectivity index (χ0) is 13.4. The highest BCUT2D eigenvalue weighted by Crippen LogP contribution is 2.14. The molecule has 0 spiro atoms. The minimum absolute atomic E-state index is 0.0730. The molecule has 3 atom stereocenters. The van der Waals surface area contributed by atoms with E-state index in [1.54, 1.807) is 6.08 Å². The maximum atomic E-state index is 9.99. The molecule has 1 aliphatic heterocycles. The molecular formula is C15H26O3. The molecule has 3 nitrogen and oxygen atoms in total. The minimum atomic E-state index is -0.784. The number of aliphatic hydroxyl groups excluding tert-OH is 2. The summed E-state index contributed by atoms with van der Waals surface area (Å²) in [5.41, 5.74) is 1.11. The van der Waals surface area contributed by atoms with Crippen molar-refractivity contribution < 1.29 is 14.9 Å². The van der Waals surface area contributed by atoms with Crippen LogP contribution in [-0.2, 0) is 4.74 Å². The average Bonchev–Trinajstić information content (AvgIpc) is 2.34. The summed E-state index contributed by atoms with van der Waals surface area (Å²) in [7, 11) is 0. The second-order valence-electron chi connectivity index (χ2n) is 5.18. The number of rotatable bonds is 0. The fraction of sp³-hybridized carbons (Fsp3) is 0.733. The van der Waals surface area contributed by atoms with Crippen LogP contribution in [-0.4, -0.2) is 35.6 Å². The van der Waals surface area contributed by atoms with Crippen LogP contribution in [0.3, 0.4) is 0 Å². The molecule has 1 aliphatic rings. The Morgan fingerprint density at radius 1 is 1.22 bits per heavy atom. The Balaban J connectivity index is 2.64. The molecule has 104 valence electrons. The van der Waals surface area contributed by atoms with Crippen molar-refractivity contribution in [3.05, 3.63) is 23.8 Å². The van der Waals surface area contributed by atoms with E-state index in [9.17, 15) is 10.2 Å². The molecule has 0 aliphatic carbocycles. The minimum Gasteiger partial charge on any atom is -0.389 e. The Kier molecular flexibility index (Phi) is 7.25. The van der Waals surface area contributed by atoms with Gasteiger partial charge in [-0.1, -0.05) is 37.1 Å². The van der Waals surface area contributed by atoms with Crippen molar-refractivity contribution in [2.24, 2.45) is 5.92 Å². The Morgan fingerprint density at radius 2 is 2.00 bits per heavy atom. The molecule has 0 saturated heterocycles. The van der Waals surface area contributed by atoms with Gasteiger partial charge in [0.1, 0.15) is 0 Å². The average molecular weight is 254 g/mol. The maximum Gasteiger partial charge on any atom is 0.0985 e.